The van der Waals surface area contributed by atoms with Gasteiger partial charge in [-0.1, -0.05) is 18.7 Å². The van der Waals surface area contributed by atoms with E-state index in [4.69, 9.17) is 42.6 Å². The summed E-state index contributed by atoms with van der Waals surface area (Å²) in [6.07, 6.45) is 1.10. The largest absolute Gasteiger partial charge is 1.00 e. The Balaban J connectivity index is 0.0000168. The van der Waals surface area contributed by atoms with E-state index in [1.807, 2.05) is 0 Å². The third-order valence-electron chi connectivity index (χ3n) is 4.71. The molecule has 0 radical (unpaired) electrons. The van der Waals surface area contributed by atoms with Gasteiger partial charge in [-0.05, 0) is 12.1 Å². The van der Waals surface area contributed by atoms with E-state index >= 15 is 0 Å². The molecule has 0 saturated heterocycles. The number of carbonyl (C=O) groups excluding carboxylic acids is 2. The maximum atomic E-state index is 12.0. The molecule has 16 heteroatoms. The molecule has 1 aromatic rings. The number of rotatable bonds is 27. The Hall–Kier alpha value is -1.87. The van der Waals surface area contributed by atoms with Crippen molar-refractivity contribution in [3.63, 3.8) is 0 Å². The molecule has 14 nitrogen and oxygen atoms in total. The quantitative estimate of drug-likeness (QED) is 0.0337. The van der Waals surface area contributed by atoms with Crippen LogP contribution >= 0.6 is 0 Å². The topological polar surface area (TPSA) is 174 Å². The summed E-state index contributed by atoms with van der Waals surface area (Å²) in [6, 6.07) is 5.04. The minimum atomic E-state index is -4.78. The first-order chi connectivity index (χ1) is 19.9. The van der Waals surface area contributed by atoms with E-state index in [9.17, 15) is 22.6 Å². The summed E-state index contributed by atoms with van der Waals surface area (Å²) in [5, 5.41) is 0. The second kappa shape index (κ2) is 26.7. The van der Waals surface area contributed by atoms with Crippen molar-refractivity contribution in [2.45, 2.75) is 4.90 Å². The molecule has 42 heavy (non-hydrogen) atoms. The Morgan fingerprint density at radius 3 is 1.31 bits per heavy atom. The summed E-state index contributed by atoms with van der Waals surface area (Å²) < 4.78 is 80.8. The fourth-order valence-corrected chi connectivity index (χ4v) is 3.47. The number of esters is 2. The van der Waals surface area contributed by atoms with E-state index in [2.05, 4.69) is 6.58 Å². The van der Waals surface area contributed by atoms with E-state index in [1.54, 1.807) is 0 Å². The van der Waals surface area contributed by atoms with Crippen LogP contribution in [0.1, 0.15) is 10.4 Å². The van der Waals surface area contributed by atoms with Crippen LogP contribution in [-0.2, 0) is 57.5 Å². The number of ether oxygens (including phenoxy) is 9. The van der Waals surface area contributed by atoms with Gasteiger partial charge in [-0.15, -0.1) is 0 Å². The molecule has 234 valence electrons. The fourth-order valence-electron chi connectivity index (χ4n) is 2.81. The maximum Gasteiger partial charge on any atom is 1.00 e. The van der Waals surface area contributed by atoms with E-state index in [-0.39, 0.29) is 50.9 Å². The second-order valence-corrected chi connectivity index (χ2v) is 9.09. The zero-order chi connectivity index (χ0) is 30.0. The van der Waals surface area contributed by atoms with Gasteiger partial charge in [0.25, 0.3) is 0 Å². The first-order valence-corrected chi connectivity index (χ1v) is 14.3. The number of hydrogen-bond donors (Lipinski definition) is 0. The summed E-state index contributed by atoms with van der Waals surface area (Å²) in [6.45, 7) is 8.47. The SMILES string of the molecule is C=CC(=O)OCCOCCOCCOCCOCCOCCOCCOCCOC(=O)c1ccccc1S(=O)(=O)[O-].[Li+]. The Morgan fingerprint density at radius 2 is 0.952 bits per heavy atom. The Labute approximate surface area is 258 Å². The van der Waals surface area contributed by atoms with E-state index in [0.717, 1.165) is 12.1 Å². The van der Waals surface area contributed by atoms with Crippen LogP contribution in [0.4, 0.5) is 0 Å². The molecule has 1 aromatic carbocycles. The zero-order valence-corrected chi connectivity index (χ0v) is 24.8. The third kappa shape index (κ3) is 21.8. The molecule has 0 aliphatic carbocycles. The van der Waals surface area contributed by atoms with Crippen LogP contribution < -0.4 is 18.9 Å². The molecule has 0 aliphatic heterocycles. The monoisotopic (exact) mass is 614 g/mol. The van der Waals surface area contributed by atoms with E-state index in [1.165, 1.54) is 18.2 Å². The Kier molecular flexibility index (Phi) is 25.5. The molecule has 0 saturated carbocycles. The van der Waals surface area contributed by atoms with Crippen molar-refractivity contribution in [3.8, 4) is 0 Å². The molecule has 0 unspecified atom stereocenters. The van der Waals surface area contributed by atoms with Crippen LogP contribution in [-0.4, -0.2) is 131 Å². The molecule has 0 N–H and O–H groups in total. The van der Waals surface area contributed by atoms with E-state index in [0.29, 0.717) is 79.3 Å². The van der Waals surface area contributed by atoms with Gasteiger partial charge in [-0.3, -0.25) is 0 Å². The molecule has 0 amide bonds. The summed E-state index contributed by atoms with van der Waals surface area (Å²) in [4.78, 5) is 22.2. The number of benzene rings is 1. The molecular formula is C26H39LiO14S. The molecular weight excluding hydrogens is 575 g/mol. The van der Waals surface area contributed by atoms with Crippen molar-refractivity contribution in [1.29, 1.82) is 0 Å². The molecule has 0 bridgehead atoms. The summed E-state index contributed by atoms with van der Waals surface area (Å²) in [7, 11) is -4.78. The number of carbonyl (C=O) groups is 2. The van der Waals surface area contributed by atoms with Crippen molar-refractivity contribution in [2.75, 3.05) is 106 Å². The van der Waals surface area contributed by atoms with Gasteiger partial charge >= 0.3 is 30.8 Å². The molecule has 1 rings (SSSR count). The standard InChI is InChI=1S/C26H40O14S.Li/c1-2-25(27)39-21-19-37-17-15-35-13-11-33-9-7-32-8-10-34-12-14-36-16-18-38-20-22-40-26(28)23-5-3-4-6-24(23)41(29,30)31;/h2-6H,1,7-22H2,(H,29,30,31);/q;+1/p-1. The maximum absolute atomic E-state index is 12.0. The molecule has 0 aliphatic rings. The summed E-state index contributed by atoms with van der Waals surface area (Å²) >= 11 is 0. The van der Waals surface area contributed by atoms with Crippen LogP contribution in [0.3, 0.4) is 0 Å². The van der Waals surface area contributed by atoms with Gasteiger partial charge in [0.05, 0.1) is 103 Å². The van der Waals surface area contributed by atoms with Crippen molar-refractivity contribution in [2.24, 2.45) is 0 Å². The van der Waals surface area contributed by atoms with Crippen LogP contribution in [0.25, 0.3) is 0 Å². The van der Waals surface area contributed by atoms with Gasteiger partial charge in [0.1, 0.15) is 23.3 Å². The fraction of sp³-hybridized carbons (Fsp3) is 0.615. The smallest absolute Gasteiger partial charge is 0.744 e. The summed E-state index contributed by atoms with van der Waals surface area (Å²) in [5.41, 5.74) is -0.311. The average Bonchev–Trinajstić information content (AvgIpc) is 2.96. The van der Waals surface area contributed by atoms with Crippen LogP contribution in [0, 0.1) is 0 Å². The molecule has 0 heterocycles. The van der Waals surface area contributed by atoms with Crippen LogP contribution in [0.2, 0.25) is 0 Å². The molecule has 0 aromatic heterocycles. The first-order valence-electron chi connectivity index (χ1n) is 12.9. The predicted molar refractivity (Wildman–Crippen MR) is 142 cm³/mol. The Morgan fingerprint density at radius 1 is 0.619 bits per heavy atom. The second-order valence-electron chi connectivity index (χ2n) is 7.74. The van der Waals surface area contributed by atoms with Gasteiger partial charge in [0.15, 0.2) is 0 Å². The van der Waals surface area contributed by atoms with Gasteiger partial charge in [-0.2, -0.15) is 0 Å². The van der Waals surface area contributed by atoms with Crippen molar-refractivity contribution < 1.29 is 84.1 Å². The van der Waals surface area contributed by atoms with E-state index < -0.39 is 27.0 Å². The van der Waals surface area contributed by atoms with Crippen molar-refractivity contribution >= 4 is 22.1 Å². The Bertz CT molecular complexity index is 960. The van der Waals surface area contributed by atoms with Crippen LogP contribution in [0.15, 0.2) is 41.8 Å². The molecule has 0 fully saturated rings. The van der Waals surface area contributed by atoms with Gasteiger partial charge in [0.2, 0.25) is 0 Å². The molecule has 0 atom stereocenters. The minimum absolute atomic E-state index is 0. The predicted octanol–water partition coefficient (Wildman–Crippen LogP) is -2.40. The third-order valence-corrected chi connectivity index (χ3v) is 5.60. The zero-order valence-electron chi connectivity index (χ0n) is 24.0. The van der Waals surface area contributed by atoms with Crippen molar-refractivity contribution in [3.05, 3.63) is 42.5 Å². The molecule has 0 spiro atoms. The average molecular weight is 615 g/mol. The normalized spacial score (nSPS) is 11.1. The van der Waals surface area contributed by atoms with Crippen LogP contribution in [0.5, 0.6) is 0 Å². The minimum Gasteiger partial charge on any atom is -0.744 e. The van der Waals surface area contributed by atoms with Gasteiger partial charge in [0, 0.05) is 6.08 Å². The summed E-state index contributed by atoms with van der Waals surface area (Å²) in [5.74, 6) is -1.39. The number of hydrogen-bond acceptors (Lipinski definition) is 14. The first kappa shape index (κ1) is 40.1. The van der Waals surface area contributed by atoms with Gasteiger partial charge in [-0.25, -0.2) is 18.0 Å². The van der Waals surface area contributed by atoms with Gasteiger partial charge < -0.3 is 47.2 Å². The van der Waals surface area contributed by atoms with Crippen molar-refractivity contribution in [1.82, 2.24) is 0 Å².